The largest absolute Gasteiger partial charge is 0.497 e. The first-order valence-corrected chi connectivity index (χ1v) is 8.55. The molecule has 6 heteroatoms. The molecule has 1 saturated heterocycles. The van der Waals surface area contributed by atoms with Gasteiger partial charge in [-0.1, -0.05) is 12.1 Å². The van der Waals surface area contributed by atoms with Crippen LogP contribution in [0.15, 0.2) is 42.5 Å². The lowest BCUT2D eigenvalue weighted by Crippen LogP contribution is -2.39. The van der Waals surface area contributed by atoms with E-state index in [1.165, 1.54) is 5.56 Å². The number of anilines is 2. The number of hydrogen-bond acceptors (Lipinski definition) is 3. The number of methoxy groups -OCH3 is 1. The van der Waals surface area contributed by atoms with Gasteiger partial charge in [0, 0.05) is 30.4 Å². The number of carbonyl (C=O) groups is 2. The second-order valence-corrected chi connectivity index (χ2v) is 6.50. The van der Waals surface area contributed by atoms with Crippen molar-refractivity contribution in [3.05, 3.63) is 53.6 Å². The number of ether oxygens (including phenoxy) is 1. The van der Waals surface area contributed by atoms with Crippen LogP contribution in [-0.2, 0) is 4.79 Å². The molecule has 2 N–H and O–H groups in total. The van der Waals surface area contributed by atoms with E-state index in [-0.39, 0.29) is 24.4 Å². The van der Waals surface area contributed by atoms with E-state index < -0.39 is 0 Å². The fourth-order valence-corrected chi connectivity index (χ4v) is 3.00. The van der Waals surface area contributed by atoms with Crippen molar-refractivity contribution < 1.29 is 14.3 Å². The molecule has 1 aliphatic rings. The molecule has 1 atom stereocenters. The van der Waals surface area contributed by atoms with Crippen molar-refractivity contribution in [3.63, 3.8) is 0 Å². The highest BCUT2D eigenvalue weighted by Crippen LogP contribution is 2.25. The van der Waals surface area contributed by atoms with Crippen LogP contribution >= 0.6 is 0 Å². The van der Waals surface area contributed by atoms with E-state index in [1.807, 2.05) is 56.3 Å². The number of benzene rings is 2. The first kappa shape index (κ1) is 17.8. The normalized spacial score (nSPS) is 16.5. The lowest BCUT2D eigenvalue weighted by molar-refractivity contribution is -0.117. The summed E-state index contributed by atoms with van der Waals surface area (Å²) < 4.78 is 5.21. The molecule has 1 aliphatic heterocycles. The van der Waals surface area contributed by atoms with Gasteiger partial charge in [-0.2, -0.15) is 0 Å². The minimum absolute atomic E-state index is 0.0188. The highest BCUT2D eigenvalue weighted by atomic mass is 16.5. The Morgan fingerprint density at radius 1 is 1.15 bits per heavy atom. The summed E-state index contributed by atoms with van der Waals surface area (Å²) in [6, 6.07) is 12.6. The van der Waals surface area contributed by atoms with Gasteiger partial charge >= 0.3 is 6.03 Å². The maximum absolute atomic E-state index is 12.3. The number of hydrogen-bond donors (Lipinski definition) is 2. The Bertz CT molecular complexity index is 835. The molecule has 1 heterocycles. The van der Waals surface area contributed by atoms with Crippen molar-refractivity contribution in [2.45, 2.75) is 26.3 Å². The Morgan fingerprint density at radius 2 is 1.96 bits per heavy atom. The zero-order valence-corrected chi connectivity index (χ0v) is 15.2. The van der Waals surface area contributed by atoms with Crippen molar-refractivity contribution in [3.8, 4) is 5.75 Å². The number of rotatable bonds is 4. The summed E-state index contributed by atoms with van der Waals surface area (Å²) in [6.07, 6.45) is 0.275. The Hall–Kier alpha value is -3.02. The van der Waals surface area contributed by atoms with E-state index in [0.717, 1.165) is 16.9 Å². The number of urea groups is 1. The van der Waals surface area contributed by atoms with Gasteiger partial charge in [0.05, 0.1) is 13.2 Å². The molecule has 1 fully saturated rings. The van der Waals surface area contributed by atoms with Crippen LogP contribution in [0.2, 0.25) is 0 Å². The molecule has 0 saturated carbocycles. The molecule has 2 aromatic rings. The molecular weight excluding hydrogens is 330 g/mol. The second-order valence-electron chi connectivity index (χ2n) is 6.50. The summed E-state index contributed by atoms with van der Waals surface area (Å²) in [5, 5.41) is 5.70. The van der Waals surface area contributed by atoms with Gasteiger partial charge in [-0.25, -0.2) is 4.79 Å². The van der Waals surface area contributed by atoms with Gasteiger partial charge in [-0.3, -0.25) is 4.79 Å². The predicted octanol–water partition coefficient (Wildman–Crippen LogP) is 3.24. The van der Waals surface area contributed by atoms with Gasteiger partial charge in [-0.15, -0.1) is 0 Å². The molecule has 0 bridgehead atoms. The average Bonchev–Trinajstić information content (AvgIpc) is 2.98. The highest BCUT2D eigenvalue weighted by molar-refractivity contribution is 5.97. The average molecular weight is 353 g/mol. The predicted molar refractivity (Wildman–Crippen MR) is 102 cm³/mol. The van der Waals surface area contributed by atoms with Crippen LogP contribution in [0.5, 0.6) is 5.75 Å². The number of carbonyl (C=O) groups excluding carboxylic acids is 2. The summed E-state index contributed by atoms with van der Waals surface area (Å²) in [7, 11) is 1.59. The Morgan fingerprint density at radius 3 is 2.69 bits per heavy atom. The SMILES string of the molecule is COc1cccc(N2C[C@H](NC(=O)Nc3ccc(C)c(C)c3)CC2=O)c1. The minimum Gasteiger partial charge on any atom is -0.497 e. The lowest BCUT2D eigenvalue weighted by atomic mass is 10.1. The number of nitrogens with zero attached hydrogens (tertiary/aromatic N) is 1. The number of nitrogens with one attached hydrogen (secondary N) is 2. The van der Waals surface area contributed by atoms with Crippen molar-refractivity contribution in [1.82, 2.24) is 5.32 Å². The van der Waals surface area contributed by atoms with Crippen molar-refractivity contribution in [2.24, 2.45) is 0 Å². The van der Waals surface area contributed by atoms with Crippen LogP contribution in [0.3, 0.4) is 0 Å². The Balaban J connectivity index is 1.61. The topological polar surface area (TPSA) is 70.7 Å². The fourth-order valence-electron chi connectivity index (χ4n) is 3.00. The smallest absolute Gasteiger partial charge is 0.319 e. The van der Waals surface area contributed by atoms with Gasteiger partial charge < -0.3 is 20.3 Å². The standard InChI is InChI=1S/C20H23N3O3/c1-13-7-8-15(9-14(13)2)21-20(25)22-16-10-19(24)23(12-16)17-5-4-6-18(11-17)26-3/h4-9,11,16H,10,12H2,1-3H3,(H2,21,22,25)/t16-/m1/s1. The molecule has 0 aliphatic carbocycles. The monoisotopic (exact) mass is 353 g/mol. The first-order valence-electron chi connectivity index (χ1n) is 8.55. The molecule has 6 nitrogen and oxygen atoms in total. The molecule has 0 radical (unpaired) electrons. The third-order valence-electron chi connectivity index (χ3n) is 4.59. The van der Waals surface area contributed by atoms with E-state index in [4.69, 9.17) is 4.74 Å². The lowest BCUT2D eigenvalue weighted by Gasteiger charge is -2.18. The summed E-state index contributed by atoms with van der Waals surface area (Å²) in [5.41, 5.74) is 3.79. The molecule has 0 unspecified atom stereocenters. The van der Waals surface area contributed by atoms with Crippen LogP contribution in [0, 0.1) is 13.8 Å². The van der Waals surface area contributed by atoms with E-state index in [9.17, 15) is 9.59 Å². The first-order chi connectivity index (χ1) is 12.5. The maximum Gasteiger partial charge on any atom is 0.319 e. The quantitative estimate of drug-likeness (QED) is 0.886. The molecule has 0 aromatic heterocycles. The summed E-state index contributed by atoms with van der Waals surface area (Å²) in [6.45, 7) is 4.46. The number of aryl methyl sites for hydroxylation is 2. The van der Waals surface area contributed by atoms with E-state index >= 15 is 0 Å². The number of amides is 3. The molecule has 3 rings (SSSR count). The molecule has 26 heavy (non-hydrogen) atoms. The molecule has 0 spiro atoms. The van der Waals surface area contributed by atoms with E-state index in [2.05, 4.69) is 10.6 Å². The van der Waals surface area contributed by atoms with Gasteiger partial charge in [0.1, 0.15) is 5.75 Å². The van der Waals surface area contributed by atoms with E-state index in [0.29, 0.717) is 12.3 Å². The van der Waals surface area contributed by atoms with Crippen molar-refractivity contribution in [1.29, 1.82) is 0 Å². The van der Waals surface area contributed by atoms with Crippen LogP contribution in [0.4, 0.5) is 16.2 Å². The molecule has 136 valence electrons. The highest BCUT2D eigenvalue weighted by Gasteiger charge is 2.31. The summed E-state index contributed by atoms with van der Waals surface area (Å²) >= 11 is 0. The third-order valence-corrected chi connectivity index (χ3v) is 4.59. The van der Waals surface area contributed by atoms with Crippen LogP contribution in [0.1, 0.15) is 17.5 Å². The molecular formula is C20H23N3O3. The summed E-state index contributed by atoms with van der Waals surface area (Å²) in [4.78, 5) is 26.2. The zero-order chi connectivity index (χ0) is 18.7. The van der Waals surface area contributed by atoms with Gasteiger partial charge in [-0.05, 0) is 49.2 Å². The van der Waals surface area contributed by atoms with Crippen LogP contribution in [0.25, 0.3) is 0 Å². The maximum atomic E-state index is 12.3. The fraction of sp³-hybridized carbons (Fsp3) is 0.300. The molecule has 2 aromatic carbocycles. The third kappa shape index (κ3) is 3.96. The van der Waals surface area contributed by atoms with Gasteiger partial charge in [0.2, 0.25) is 5.91 Å². The van der Waals surface area contributed by atoms with Crippen molar-refractivity contribution in [2.75, 3.05) is 23.9 Å². The second kappa shape index (κ2) is 7.47. The van der Waals surface area contributed by atoms with Crippen LogP contribution in [-0.4, -0.2) is 31.6 Å². The molecule has 3 amide bonds. The Kier molecular flexibility index (Phi) is 5.11. The van der Waals surface area contributed by atoms with Gasteiger partial charge in [0.15, 0.2) is 0 Å². The zero-order valence-electron chi connectivity index (χ0n) is 15.2. The van der Waals surface area contributed by atoms with Crippen molar-refractivity contribution >= 4 is 23.3 Å². The minimum atomic E-state index is -0.307. The van der Waals surface area contributed by atoms with Crippen LogP contribution < -0.4 is 20.3 Å². The van der Waals surface area contributed by atoms with Gasteiger partial charge in [0.25, 0.3) is 0 Å². The summed E-state index contributed by atoms with van der Waals surface area (Å²) in [5.74, 6) is 0.675. The Labute approximate surface area is 153 Å². The van der Waals surface area contributed by atoms with E-state index in [1.54, 1.807) is 12.0 Å².